The Kier molecular flexibility index (Phi) is 4.51. The second kappa shape index (κ2) is 7.10. The smallest absolute Gasteiger partial charge is 0.238 e. The number of allylic oxidation sites excluding steroid dienone is 2. The zero-order valence-electron chi connectivity index (χ0n) is 16.4. The highest BCUT2D eigenvalue weighted by atomic mass is 35.5. The minimum absolute atomic E-state index is 0.119. The standard InChI is InChI=1S/C24H20ClNO4/c1-13-2-4-14(5-3-13)19(27)12-30-20-9-8-17(25)11-18(20)26-23(28)21-15-6-7-16(10-15)22(21)24(26)29/h2-9,11,15-16,21-22H,10,12H2,1H3/t15-,16+,21-,22-/m0/s1. The van der Waals surface area contributed by atoms with Crippen molar-refractivity contribution in [3.63, 3.8) is 0 Å². The first-order valence-electron chi connectivity index (χ1n) is 10.0. The maximum atomic E-state index is 13.1. The molecule has 152 valence electrons. The summed E-state index contributed by atoms with van der Waals surface area (Å²) in [6.45, 7) is 1.75. The number of hydrogen-bond acceptors (Lipinski definition) is 4. The third-order valence-electron chi connectivity index (χ3n) is 6.36. The van der Waals surface area contributed by atoms with Crippen LogP contribution in [0.5, 0.6) is 5.75 Å². The van der Waals surface area contributed by atoms with Crippen LogP contribution in [0.3, 0.4) is 0 Å². The molecule has 1 saturated heterocycles. The van der Waals surface area contributed by atoms with Gasteiger partial charge in [-0.15, -0.1) is 0 Å². The summed E-state index contributed by atoms with van der Waals surface area (Å²) in [6.07, 6.45) is 4.97. The third-order valence-corrected chi connectivity index (χ3v) is 6.60. The summed E-state index contributed by atoms with van der Waals surface area (Å²) in [5.74, 6) is -0.697. The van der Waals surface area contributed by atoms with E-state index < -0.39 is 0 Å². The summed E-state index contributed by atoms with van der Waals surface area (Å²) >= 11 is 6.17. The number of halogens is 1. The monoisotopic (exact) mass is 421 g/mol. The molecule has 0 spiro atoms. The molecule has 0 aromatic heterocycles. The number of rotatable bonds is 5. The predicted molar refractivity (Wildman–Crippen MR) is 113 cm³/mol. The van der Waals surface area contributed by atoms with Crippen molar-refractivity contribution in [1.29, 1.82) is 0 Å². The lowest BCUT2D eigenvalue weighted by Crippen LogP contribution is -2.33. The Balaban J connectivity index is 1.41. The first-order chi connectivity index (χ1) is 14.4. The number of hydrogen-bond donors (Lipinski definition) is 0. The fourth-order valence-corrected chi connectivity index (χ4v) is 5.06. The van der Waals surface area contributed by atoms with Crippen LogP contribution in [0.25, 0.3) is 0 Å². The average molecular weight is 422 g/mol. The SMILES string of the molecule is Cc1ccc(C(=O)COc2ccc(Cl)cc2N2C(=O)[C@@H]3[C@@H](C2=O)[C@H]2C=C[C@@H]3C2)cc1. The molecule has 3 aliphatic rings. The number of benzene rings is 2. The summed E-state index contributed by atoms with van der Waals surface area (Å²) < 4.78 is 5.77. The normalized spacial score (nSPS) is 26.4. The first-order valence-corrected chi connectivity index (χ1v) is 10.4. The Morgan fingerprint density at radius 2 is 1.67 bits per heavy atom. The number of ether oxygens (including phenoxy) is 1. The molecular weight excluding hydrogens is 402 g/mol. The van der Waals surface area contributed by atoms with E-state index >= 15 is 0 Å². The zero-order valence-corrected chi connectivity index (χ0v) is 17.1. The third kappa shape index (κ3) is 2.96. The van der Waals surface area contributed by atoms with Gasteiger partial charge in [-0.1, -0.05) is 53.6 Å². The number of anilines is 1. The van der Waals surface area contributed by atoms with Gasteiger partial charge in [0.2, 0.25) is 11.8 Å². The molecule has 0 radical (unpaired) electrons. The first kappa shape index (κ1) is 19.1. The van der Waals surface area contributed by atoms with Crippen LogP contribution >= 0.6 is 11.6 Å². The molecule has 1 heterocycles. The van der Waals surface area contributed by atoms with Crippen LogP contribution in [0.4, 0.5) is 5.69 Å². The van der Waals surface area contributed by atoms with Gasteiger partial charge < -0.3 is 4.74 Å². The minimum atomic E-state index is -0.312. The molecule has 2 bridgehead atoms. The van der Waals surface area contributed by atoms with Gasteiger partial charge >= 0.3 is 0 Å². The fraction of sp³-hybridized carbons (Fsp3) is 0.292. The average Bonchev–Trinajstić information content (AvgIpc) is 3.41. The lowest BCUT2D eigenvalue weighted by molar-refractivity contribution is -0.123. The van der Waals surface area contributed by atoms with Gasteiger partial charge in [0.1, 0.15) is 5.75 Å². The maximum Gasteiger partial charge on any atom is 0.238 e. The van der Waals surface area contributed by atoms with E-state index in [1.54, 1.807) is 30.3 Å². The predicted octanol–water partition coefficient (Wildman–Crippen LogP) is 4.22. The number of ketones is 1. The Hall–Kier alpha value is -2.92. The van der Waals surface area contributed by atoms with Gasteiger partial charge in [-0.25, -0.2) is 4.90 Å². The molecule has 6 heteroatoms. The van der Waals surface area contributed by atoms with E-state index in [0.29, 0.717) is 22.0 Å². The van der Waals surface area contributed by atoms with Crippen molar-refractivity contribution in [2.45, 2.75) is 13.3 Å². The highest BCUT2D eigenvalue weighted by molar-refractivity contribution is 6.31. The molecule has 2 fully saturated rings. The summed E-state index contributed by atoms with van der Waals surface area (Å²) in [5, 5.41) is 0.390. The molecule has 0 N–H and O–H groups in total. The van der Waals surface area contributed by atoms with Crippen molar-refractivity contribution < 1.29 is 19.1 Å². The number of fused-ring (bicyclic) bond motifs is 5. The van der Waals surface area contributed by atoms with Gasteiger partial charge in [0.25, 0.3) is 0 Å². The number of Topliss-reactive ketones (excluding diaryl/α,β-unsaturated/α-hetero) is 1. The Morgan fingerprint density at radius 1 is 1.03 bits per heavy atom. The lowest BCUT2D eigenvalue weighted by Gasteiger charge is -2.21. The van der Waals surface area contributed by atoms with Crippen molar-refractivity contribution in [2.24, 2.45) is 23.7 Å². The number of amides is 2. The summed E-state index contributed by atoms with van der Waals surface area (Å²) in [5.41, 5.74) is 1.91. The van der Waals surface area contributed by atoms with Crippen molar-refractivity contribution >= 4 is 34.9 Å². The largest absolute Gasteiger partial charge is 0.483 e. The molecule has 5 rings (SSSR count). The molecule has 2 amide bonds. The Bertz CT molecular complexity index is 1060. The fourth-order valence-electron chi connectivity index (χ4n) is 4.89. The van der Waals surface area contributed by atoms with Gasteiger partial charge in [-0.05, 0) is 43.4 Å². The number of carbonyl (C=O) groups excluding carboxylic acids is 3. The summed E-state index contributed by atoms with van der Waals surface area (Å²) in [4.78, 5) is 40.0. The molecule has 30 heavy (non-hydrogen) atoms. The van der Waals surface area contributed by atoms with Gasteiger partial charge in [0, 0.05) is 10.6 Å². The van der Waals surface area contributed by atoms with Gasteiger partial charge in [-0.3, -0.25) is 14.4 Å². The Labute approximate surface area is 179 Å². The highest BCUT2D eigenvalue weighted by Gasteiger charge is 2.59. The van der Waals surface area contributed by atoms with E-state index in [4.69, 9.17) is 16.3 Å². The minimum Gasteiger partial charge on any atom is -0.483 e. The molecule has 2 aromatic carbocycles. The number of imide groups is 1. The summed E-state index contributed by atoms with van der Waals surface area (Å²) in [6, 6.07) is 12.0. The van der Waals surface area contributed by atoms with Gasteiger partial charge in [-0.2, -0.15) is 0 Å². The van der Waals surface area contributed by atoms with Gasteiger partial charge in [0.05, 0.1) is 17.5 Å². The molecule has 1 aliphatic heterocycles. The van der Waals surface area contributed by atoms with Crippen LogP contribution in [-0.2, 0) is 9.59 Å². The highest BCUT2D eigenvalue weighted by Crippen LogP contribution is 2.54. The van der Waals surface area contributed by atoms with Crippen LogP contribution in [0, 0.1) is 30.6 Å². The van der Waals surface area contributed by atoms with Crippen LogP contribution in [0.1, 0.15) is 22.3 Å². The molecule has 5 nitrogen and oxygen atoms in total. The summed E-state index contributed by atoms with van der Waals surface area (Å²) in [7, 11) is 0. The van der Waals surface area contributed by atoms with Crippen LogP contribution in [-0.4, -0.2) is 24.2 Å². The lowest BCUT2D eigenvalue weighted by atomic mass is 9.85. The van der Waals surface area contributed by atoms with Gasteiger partial charge in [0.15, 0.2) is 12.4 Å². The van der Waals surface area contributed by atoms with Crippen molar-refractivity contribution in [3.8, 4) is 5.75 Å². The van der Waals surface area contributed by atoms with Crippen LogP contribution in [0.2, 0.25) is 5.02 Å². The van der Waals surface area contributed by atoms with Crippen molar-refractivity contribution in [2.75, 3.05) is 11.5 Å². The maximum absolute atomic E-state index is 13.1. The van der Waals surface area contributed by atoms with E-state index in [0.717, 1.165) is 12.0 Å². The number of nitrogens with zero attached hydrogens (tertiary/aromatic N) is 1. The zero-order chi connectivity index (χ0) is 21.0. The van der Waals surface area contributed by atoms with E-state index in [1.807, 2.05) is 19.1 Å². The Morgan fingerprint density at radius 3 is 2.30 bits per heavy atom. The van der Waals surface area contributed by atoms with Crippen molar-refractivity contribution in [3.05, 3.63) is 70.8 Å². The van der Waals surface area contributed by atoms with E-state index in [9.17, 15) is 14.4 Å². The number of carbonyl (C=O) groups is 3. The van der Waals surface area contributed by atoms with E-state index in [-0.39, 0.29) is 47.9 Å². The van der Waals surface area contributed by atoms with Crippen molar-refractivity contribution in [1.82, 2.24) is 0 Å². The van der Waals surface area contributed by atoms with E-state index in [2.05, 4.69) is 12.2 Å². The van der Waals surface area contributed by atoms with E-state index in [1.165, 1.54) is 4.90 Å². The molecule has 1 saturated carbocycles. The topological polar surface area (TPSA) is 63.7 Å². The molecule has 0 unspecified atom stereocenters. The molecule has 2 aliphatic carbocycles. The van der Waals surface area contributed by atoms with Crippen LogP contribution in [0.15, 0.2) is 54.6 Å². The van der Waals surface area contributed by atoms with Crippen LogP contribution < -0.4 is 9.64 Å². The number of aryl methyl sites for hydroxylation is 1. The molecule has 4 atom stereocenters. The second-order valence-electron chi connectivity index (χ2n) is 8.20. The quantitative estimate of drug-likeness (QED) is 0.412. The second-order valence-corrected chi connectivity index (χ2v) is 8.64. The molecule has 2 aromatic rings. The molecular formula is C24H20ClNO4.